The van der Waals surface area contributed by atoms with E-state index in [1.165, 1.54) is 17.9 Å². The molecule has 1 aromatic heterocycles. The molecule has 0 fully saturated rings. The third-order valence-corrected chi connectivity index (χ3v) is 4.44. The molecule has 0 amide bonds. The number of ketones is 1. The smallest absolute Gasteiger partial charge is 0.306 e. The third kappa shape index (κ3) is 4.57. The molecule has 148 valence electrons. The summed E-state index contributed by atoms with van der Waals surface area (Å²) in [5, 5.41) is 0.669. The predicted octanol–water partition coefficient (Wildman–Crippen LogP) is 3.31. The van der Waals surface area contributed by atoms with Crippen molar-refractivity contribution < 1.29 is 28.7 Å². The summed E-state index contributed by atoms with van der Waals surface area (Å²) < 4.78 is 11.4. The number of para-hydroxylation sites is 1. The number of esters is 1. The lowest BCUT2D eigenvalue weighted by molar-refractivity contribution is -0.142. The molecule has 2 aromatic carbocycles. The second-order valence-corrected chi connectivity index (χ2v) is 6.30. The van der Waals surface area contributed by atoms with Crippen molar-refractivity contribution in [3.05, 3.63) is 65.9 Å². The number of rotatable bonds is 8. The molecule has 29 heavy (non-hydrogen) atoms. The van der Waals surface area contributed by atoms with Crippen LogP contribution in [0.4, 0.5) is 0 Å². The summed E-state index contributed by atoms with van der Waals surface area (Å²) in [6, 6.07) is 13.6. The SMILES string of the molecule is COc1cccc(C(=O)COC(=O)CCC(=O)n2cc(C=O)c3ccccc32)c1. The fourth-order valence-electron chi connectivity index (χ4n) is 2.93. The highest BCUT2D eigenvalue weighted by Gasteiger charge is 2.16. The lowest BCUT2D eigenvalue weighted by atomic mass is 10.1. The van der Waals surface area contributed by atoms with Crippen LogP contribution in [0.25, 0.3) is 10.9 Å². The predicted molar refractivity (Wildman–Crippen MR) is 105 cm³/mol. The third-order valence-electron chi connectivity index (χ3n) is 4.44. The Hall–Kier alpha value is -3.74. The van der Waals surface area contributed by atoms with E-state index in [0.717, 1.165) is 0 Å². The molecule has 0 spiro atoms. The number of hydrogen-bond acceptors (Lipinski definition) is 6. The maximum absolute atomic E-state index is 12.5. The van der Waals surface area contributed by atoms with Crippen molar-refractivity contribution in [2.45, 2.75) is 12.8 Å². The molecule has 3 aromatic rings. The number of carbonyl (C=O) groups is 4. The molecule has 7 heteroatoms. The summed E-state index contributed by atoms with van der Waals surface area (Å²) >= 11 is 0. The molecule has 3 rings (SSSR count). The molecule has 0 aliphatic carbocycles. The minimum atomic E-state index is -0.651. The Bertz CT molecular complexity index is 1080. The molecule has 0 radical (unpaired) electrons. The lowest BCUT2D eigenvalue weighted by Crippen LogP contribution is -2.16. The lowest BCUT2D eigenvalue weighted by Gasteiger charge is -2.06. The van der Waals surface area contributed by atoms with Crippen molar-refractivity contribution in [2.24, 2.45) is 0 Å². The second kappa shape index (κ2) is 8.97. The molecule has 0 bridgehead atoms. The fourth-order valence-corrected chi connectivity index (χ4v) is 2.93. The Morgan fingerprint density at radius 1 is 1.03 bits per heavy atom. The van der Waals surface area contributed by atoms with E-state index >= 15 is 0 Å². The highest BCUT2D eigenvalue weighted by molar-refractivity contribution is 6.03. The summed E-state index contributed by atoms with van der Waals surface area (Å²) in [6.45, 7) is -0.415. The van der Waals surface area contributed by atoms with Crippen molar-refractivity contribution in [3.8, 4) is 5.75 Å². The van der Waals surface area contributed by atoms with Gasteiger partial charge in [-0.3, -0.25) is 23.7 Å². The van der Waals surface area contributed by atoms with Crippen LogP contribution < -0.4 is 4.74 Å². The number of aldehydes is 1. The monoisotopic (exact) mass is 393 g/mol. The van der Waals surface area contributed by atoms with Gasteiger partial charge in [0.1, 0.15) is 5.75 Å². The van der Waals surface area contributed by atoms with Crippen LogP contribution in [0.1, 0.15) is 38.4 Å². The number of fused-ring (bicyclic) bond motifs is 1. The molecular weight excluding hydrogens is 374 g/mol. The fraction of sp³-hybridized carbons (Fsp3) is 0.182. The van der Waals surface area contributed by atoms with Crippen LogP contribution in [0.3, 0.4) is 0 Å². The van der Waals surface area contributed by atoms with Crippen LogP contribution in [-0.4, -0.2) is 42.2 Å². The van der Waals surface area contributed by atoms with Crippen molar-refractivity contribution in [2.75, 3.05) is 13.7 Å². The van der Waals surface area contributed by atoms with Gasteiger partial charge in [-0.05, 0) is 18.2 Å². The van der Waals surface area contributed by atoms with Gasteiger partial charge in [0.25, 0.3) is 0 Å². The molecule has 0 saturated carbocycles. The van der Waals surface area contributed by atoms with Crippen LogP contribution in [0.2, 0.25) is 0 Å². The highest BCUT2D eigenvalue weighted by atomic mass is 16.5. The van der Waals surface area contributed by atoms with Crippen LogP contribution >= 0.6 is 0 Å². The van der Waals surface area contributed by atoms with Crippen LogP contribution in [0.5, 0.6) is 5.75 Å². The van der Waals surface area contributed by atoms with Gasteiger partial charge < -0.3 is 9.47 Å². The number of aromatic nitrogens is 1. The van der Waals surface area contributed by atoms with Gasteiger partial charge in [-0.1, -0.05) is 30.3 Å². The maximum Gasteiger partial charge on any atom is 0.306 e. The number of methoxy groups -OCH3 is 1. The van der Waals surface area contributed by atoms with Gasteiger partial charge >= 0.3 is 5.97 Å². The number of Topliss-reactive ketones (excluding diaryl/α,β-unsaturated/α-hetero) is 1. The number of nitrogens with zero attached hydrogens (tertiary/aromatic N) is 1. The minimum Gasteiger partial charge on any atom is -0.497 e. The largest absolute Gasteiger partial charge is 0.497 e. The van der Waals surface area contributed by atoms with Gasteiger partial charge in [0.15, 0.2) is 18.7 Å². The van der Waals surface area contributed by atoms with E-state index in [1.54, 1.807) is 48.5 Å². The first-order valence-electron chi connectivity index (χ1n) is 8.95. The number of hydrogen-bond donors (Lipinski definition) is 0. The minimum absolute atomic E-state index is 0.108. The van der Waals surface area contributed by atoms with E-state index in [0.29, 0.717) is 34.1 Å². The van der Waals surface area contributed by atoms with Crippen molar-refractivity contribution in [3.63, 3.8) is 0 Å². The van der Waals surface area contributed by atoms with E-state index in [2.05, 4.69) is 0 Å². The zero-order valence-electron chi connectivity index (χ0n) is 15.8. The van der Waals surface area contributed by atoms with Crippen molar-refractivity contribution >= 4 is 34.8 Å². The molecule has 0 atom stereocenters. The first-order valence-corrected chi connectivity index (χ1v) is 8.95. The Morgan fingerprint density at radius 2 is 1.83 bits per heavy atom. The van der Waals surface area contributed by atoms with Crippen molar-refractivity contribution in [1.29, 1.82) is 0 Å². The van der Waals surface area contributed by atoms with E-state index in [9.17, 15) is 19.2 Å². The zero-order chi connectivity index (χ0) is 20.8. The Morgan fingerprint density at radius 3 is 2.59 bits per heavy atom. The summed E-state index contributed by atoms with van der Waals surface area (Å²) in [7, 11) is 1.49. The summed E-state index contributed by atoms with van der Waals surface area (Å²) in [5.41, 5.74) is 1.37. The molecular formula is C22H19NO6. The summed E-state index contributed by atoms with van der Waals surface area (Å²) in [5.74, 6) is -0.830. The summed E-state index contributed by atoms with van der Waals surface area (Å²) in [6.07, 6.45) is 1.86. The van der Waals surface area contributed by atoms with Crippen LogP contribution in [-0.2, 0) is 9.53 Å². The van der Waals surface area contributed by atoms with E-state index in [4.69, 9.17) is 9.47 Å². The van der Waals surface area contributed by atoms with Crippen LogP contribution in [0, 0.1) is 0 Å². The van der Waals surface area contributed by atoms with Gasteiger partial charge in [0.05, 0.1) is 19.0 Å². The van der Waals surface area contributed by atoms with Gasteiger partial charge in [0, 0.05) is 29.1 Å². The average molecular weight is 393 g/mol. The molecule has 0 saturated heterocycles. The number of ether oxygens (including phenoxy) is 2. The van der Waals surface area contributed by atoms with Crippen molar-refractivity contribution in [1.82, 2.24) is 4.57 Å². The zero-order valence-corrected chi connectivity index (χ0v) is 15.8. The molecule has 0 unspecified atom stereocenters. The second-order valence-electron chi connectivity index (χ2n) is 6.30. The maximum atomic E-state index is 12.5. The van der Waals surface area contributed by atoms with Gasteiger partial charge in [-0.2, -0.15) is 0 Å². The molecule has 0 aliphatic rings. The summed E-state index contributed by atoms with van der Waals surface area (Å²) in [4.78, 5) is 47.7. The van der Waals surface area contributed by atoms with Gasteiger partial charge in [-0.25, -0.2) is 0 Å². The van der Waals surface area contributed by atoms with E-state index in [-0.39, 0.29) is 24.5 Å². The molecule has 0 N–H and O–H groups in total. The average Bonchev–Trinajstić information content (AvgIpc) is 3.14. The van der Waals surface area contributed by atoms with E-state index in [1.807, 2.05) is 0 Å². The van der Waals surface area contributed by atoms with Crippen LogP contribution in [0.15, 0.2) is 54.7 Å². The Labute approximate surface area is 166 Å². The number of benzene rings is 2. The molecule has 7 nitrogen and oxygen atoms in total. The highest BCUT2D eigenvalue weighted by Crippen LogP contribution is 2.20. The number of carbonyl (C=O) groups excluding carboxylic acids is 4. The normalized spacial score (nSPS) is 10.5. The first-order chi connectivity index (χ1) is 14.0. The molecule has 0 aliphatic heterocycles. The standard InChI is InChI=1S/C22H19NO6/c1-28-17-6-4-5-15(11-17)20(25)14-29-22(27)10-9-21(26)23-12-16(13-24)18-7-2-3-8-19(18)23/h2-8,11-13H,9-10,14H2,1H3. The first kappa shape index (κ1) is 20.0. The van der Waals surface area contributed by atoms with E-state index < -0.39 is 12.6 Å². The Balaban J connectivity index is 1.56. The molecule has 1 heterocycles. The quantitative estimate of drug-likeness (QED) is 0.331. The van der Waals surface area contributed by atoms with Gasteiger partial charge in [0.2, 0.25) is 5.91 Å². The topological polar surface area (TPSA) is 91.7 Å². The van der Waals surface area contributed by atoms with Gasteiger partial charge in [-0.15, -0.1) is 0 Å². The Kier molecular flexibility index (Phi) is 6.19.